The Balaban J connectivity index is 1.62. The second-order valence-electron chi connectivity index (χ2n) is 11.6. The predicted molar refractivity (Wildman–Crippen MR) is 140 cm³/mol. The molecule has 2 aliphatic rings. The number of nitrogens with zero attached hydrogens (tertiary/aromatic N) is 1. The summed E-state index contributed by atoms with van der Waals surface area (Å²) in [5.41, 5.74) is 3.35. The molecule has 35 heavy (non-hydrogen) atoms. The van der Waals surface area contributed by atoms with E-state index in [0.717, 1.165) is 49.8 Å². The molecule has 2 fully saturated rings. The highest BCUT2D eigenvalue weighted by molar-refractivity contribution is 5.96. The summed E-state index contributed by atoms with van der Waals surface area (Å²) in [7, 11) is 0. The lowest BCUT2D eigenvalue weighted by Crippen LogP contribution is -2.56. The molecule has 0 aromatic heterocycles. The van der Waals surface area contributed by atoms with Crippen LogP contribution in [-0.2, 0) is 5.41 Å². The number of hydrogen-bond acceptors (Lipinski definition) is 3. The molecule has 3 unspecified atom stereocenters. The number of hydrogen-bond donors (Lipinski definition) is 2. The number of aliphatic hydroxyl groups is 1. The molecule has 1 saturated heterocycles. The number of rotatable bonds is 5. The first-order valence-corrected chi connectivity index (χ1v) is 13.3. The van der Waals surface area contributed by atoms with Gasteiger partial charge in [-0.1, -0.05) is 58.2 Å². The lowest BCUT2D eigenvalue weighted by atomic mass is 9.73. The van der Waals surface area contributed by atoms with Crippen LogP contribution in [0.1, 0.15) is 87.2 Å². The van der Waals surface area contributed by atoms with Crippen molar-refractivity contribution in [2.24, 2.45) is 11.8 Å². The van der Waals surface area contributed by atoms with E-state index < -0.39 is 6.23 Å². The molecule has 1 heterocycles. The highest BCUT2D eigenvalue weighted by Crippen LogP contribution is 2.39. The average Bonchev–Trinajstić information content (AvgIpc) is 2.84. The van der Waals surface area contributed by atoms with Crippen molar-refractivity contribution in [3.05, 3.63) is 65.0 Å². The average molecular weight is 481 g/mol. The molecule has 1 saturated carbocycles. The fraction of sp³-hybridized carbons (Fsp3) is 0.567. The van der Waals surface area contributed by atoms with Crippen molar-refractivity contribution in [3.8, 4) is 0 Å². The van der Waals surface area contributed by atoms with Crippen molar-refractivity contribution in [1.82, 2.24) is 4.90 Å². The largest absolute Gasteiger partial charge is 0.373 e. The van der Waals surface area contributed by atoms with Gasteiger partial charge in [0, 0.05) is 29.8 Å². The van der Waals surface area contributed by atoms with Gasteiger partial charge in [-0.2, -0.15) is 0 Å². The number of carbonyl (C=O) groups excluding carboxylic acids is 1. The molecule has 1 amide bonds. The van der Waals surface area contributed by atoms with Crippen LogP contribution in [0, 0.1) is 24.6 Å². The van der Waals surface area contributed by atoms with Gasteiger partial charge in [0.2, 0.25) is 0 Å². The highest BCUT2D eigenvalue weighted by Gasteiger charge is 2.43. The number of aliphatic hydroxyl groups excluding tert-OH is 1. The Bertz CT molecular complexity index is 1030. The smallest absolute Gasteiger partial charge is 0.254 e. The molecule has 2 aromatic carbocycles. The minimum absolute atomic E-state index is 0.0180. The topological polar surface area (TPSA) is 52.6 Å². The first kappa shape index (κ1) is 25.7. The summed E-state index contributed by atoms with van der Waals surface area (Å²) in [5.74, 6) is -0.224. The van der Waals surface area contributed by atoms with Crippen LogP contribution in [0.2, 0.25) is 0 Å². The molecule has 190 valence electrons. The summed E-state index contributed by atoms with van der Waals surface area (Å²) in [4.78, 5) is 15.7. The van der Waals surface area contributed by atoms with Gasteiger partial charge in [-0.15, -0.1) is 0 Å². The van der Waals surface area contributed by atoms with Gasteiger partial charge in [0.1, 0.15) is 12.0 Å². The van der Waals surface area contributed by atoms with Gasteiger partial charge in [-0.05, 0) is 79.3 Å². The van der Waals surface area contributed by atoms with E-state index in [1.165, 1.54) is 24.1 Å². The number of aryl methyl sites for hydroxylation is 1. The molecule has 4 rings (SSSR count). The summed E-state index contributed by atoms with van der Waals surface area (Å²) < 4.78 is 14.1. The van der Waals surface area contributed by atoms with Crippen molar-refractivity contribution in [1.29, 1.82) is 0 Å². The normalized spacial score (nSPS) is 22.6. The van der Waals surface area contributed by atoms with Crippen molar-refractivity contribution in [2.45, 2.75) is 90.3 Å². The van der Waals surface area contributed by atoms with Crippen molar-refractivity contribution >= 4 is 11.6 Å². The number of amides is 1. The Labute approximate surface area is 209 Å². The molecule has 3 atom stereocenters. The van der Waals surface area contributed by atoms with Gasteiger partial charge < -0.3 is 15.3 Å². The first-order chi connectivity index (χ1) is 16.6. The maximum atomic E-state index is 14.1. The van der Waals surface area contributed by atoms with E-state index in [2.05, 4.69) is 38.2 Å². The van der Waals surface area contributed by atoms with Gasteiger partial charge in [-0.25, -0.2) is 4.39 Å². The number of carbonyl (C=O) groups is 1. The Kier molecular flexibility index (Phi) is 7.85. The van der Waals surface area contributed by atoms with Gasteiger partial charge in [0.05, 0.1) is 0 Å². The SMILES string of the molecule is Cc1ccc(F)cc1C(=O)N1CCCC(C(O)Nc2cccc(C(C)(C)C)c2)C1C1CCCCC1. The summed E-state index contributed by atoms with van der Waals surface area (Å²) in [6.07, 6.45) is 6.61. The number of anilines is 1. The van der Waals surface area contributed by atoms with Crippen LogP contribution in [0.25, 0.3) is 0 Å². The van der Waals surface area contributed by atoms with Gasteiger partial charge in [0.15, 0.2) is 0 Å². The number of likely N-dealkylation sites (tertiary alicyclic amines) is 1. The third-order valence-corrected chi connectivity index (χ3v) is 8.01. The van der Waals surface area contributed by atoms with E-state index in [9.17, 15) is 14.3 Å². The zero-order valence-corrected chi connectivity index (χ0v) is 21.7. The van der Waals surface area contributed by atoms with Crippen molar-refractivity contribution in [3.63, 3.8) is 0 Å². The number of benzene rings is 2. The monoisotopic (exact) mass is 480 g/mol. The first-order valence-electron chi connectivity index (χ1n) is 13.3. The molecule has 1 aliphatic carbocycles. The molecule has 5 heteroatoms. The Morgan fingerprint density at radius 1 is 1.06 bits per heavy atom. The molecule has 1 aliphatic heterocycles. The third-order valence-electron chi connectivity index (χ3n) is 8.01. The van der Waals surface area contributed by atoms with Crippen LogP contribution in [0.3, 0.4) is 0 Å². The van der Waals surface area contributed by atoms with Crippen LogP contribution in [-0.4, -0.2) is 34.7 Å². The minimum Gasteiger partial charge on any atom is -0.373 e. The summed E-state index contributed by atoms with van der Waals surface area (Å²) in [5, 5.41) is 14.9. The Morgan fingerprint density at radius 3 is 2.51 bits per heavy atom. The van der Waals surface area contributed by atoms with Crippen LogP contribution >= 0.6 is 0 Å². The maximum Gasteiger partial charge on any atom is 0.254 e. The predicted octanol–water partition coefficient (Wildman–Crippen LogP) is 6.66. The second-order valence-corrected chi connectivity index (χ2v) is 11.6. The number of halogens is 1. The molecule has 0 radical (unpaired) electrons. The molecule has 2 aromatic rings. The van der Waals surface area contributed by atoms with Crippen molar-refractivity contribution in [2.75, 3.05) is 11.9 Å². The number of nitrogens with one attached hydrogen (secondary N) is 1. The van der Waals surface area contributed by atoms with Gasteiger partial charge in [-0.3, -0.25) is 4.79 Å². The zero-order valence-electron chi connectivity index (χ0n) is 21.7. The summed E-state index contributed by atoms with van der Waals surface area (Å²) >= 11 is 0. The molecule has 2 N–H and O–H groups in total. The maximum absolute atomic E-state index is 14.1. The quantitative estimate of drug-likeness (QED) is 0.470. The van der Waals surface area contributed by atoms with E-state index >= 15 is 0 Å². The van der Waals surface area contributed by atoms with Gasteiger partial charge in [0.25, 0.3) is 5.91 Å². The molecular weight excluding hydrogens is 439 g/mol. The molecular formula is C30H41FN2O2. The van der Waals surface area contributed by atoms with Gasteiger partial charge >= 0.3 is 0 Å². The molecule has 4 nitrogen and oxygen atoms in total. The van der Waals surface area contributed by atoms with E-state index in [4.69, 9.17) is 0 Å². The fourth-order valence-corrected chi connectivity index (χ4v) is 6.04. The van der Waals surface area contributed by atoms with E-state index in [1.807, 2.05) is 24.0 Å². The Hall–Kier alpha value is -2.40. The van der Waals surface area contributed by atoms with Crippen LogP contribution in [0.4, 0.5) is 10.1 Å². The van der Waals surface area contributed by atoms with E-state index in [1.54, 1.807) is 6.07 Å². The zero-order chi connectivity index (χ0) is 25.2. The van der Waals surface area contributed by atoms with Crippen molar-refractivity contribution < 1.29 is 14.3 Å². The van der Waals surface area contributed by atoms with E-state index in [-0.39, 0.29) is 29.1 Å². The van der Waals surface area contributed by atoms with Crippen LogP contribution < -0.4 is 5.32 Å². The van der Waals surface area contributed by atoms with E-state index in [0.29, 0.717) is 18.0 Å². The van der Waals surface area contributed by atoms with Crippen LogP contribution in [0.15, 0.2) is 42.5 Å². The number of piperidine rings is 1. The fourth-order valence-electron chi connectivity index (χ4n) is 6.04. The Morgan fingerprint density at radius 2 is 1.80 bits per heavy atom. The summed E-state index contributed by atoms with van der Waals surface area (Å²) in [6, 6.07) is 12.6. The third kappa shape index (κ3) is 5.88. The molecule has 0 bridgehead atoms. The second kappa shape index (κ2) is 10.7. The molecule has 0 spiro atoms. The lowest BCUT2D eigenvalue weighted by Gasteiger charge is -2.48. The van der Waals surface area contributed by atoms with Crippen LogP contribution in [0.5, 0.6) is 0 Å². The standard InChI is InChI=1S/C30H41FN2O2/c1-20-15-16-23(31)19-26(20)29(35)33-17-9-14-25(27(33)21-10-6-5-7-11-21)28(34)32-24-13-8-12-22(18-24)30(2,3)4/h8,12-13,15-16,18-19,21,25,27-28,32,34H,5-7,9-11,14,17H2,1-4H3. The highest BCUT2D eigenvalue weighted by atomic mass is 19.1. The minimum atomic E-state index is -0.763. The summed E-state index contributed by atoms with van der Waals surface area (Å²) in [6.45, 7) is 9.06. The lowest BCUT2D eigenvalue weighted by molar-refractivity contribution is -0.0106.